The molecule has 0 aliphatic carbocycles. The van der Waals surface area contributed by atoms with Gasteiger partial charge in [-0.1, -0.05) is 31.0 Å². The number of rotatable bonds is 7. The van der Waals surface area contributed by atoms with Crippen molar-refractivity contribution in [2.45, 2.75) is 76.5 Å². The molecule has 160 valence electrons. The maximum absolute atomic E-state index is 13.2. The van der Waals surface area contributed by atoms with Gasteiger partial charge in [-0.05, 0) is 64.3 Å². The van der Waals surface area contributed by atoms with Gasteiger partial charge in [0.2, 0.25) is 5.60 Å². The summed E-state index contributed by atoms with van der Waals surface area (Å²) in [5, 5.41) is 3.05. The Morgan fingerprint density at radius 3 is 2.67 bits per heavy atom. The number of hydrogen-bond donors (Lipinski definition) is 1. The summed E-state index contributed by atoms with van der Waals surface area (Å²) in [6.07, 6.45) is 11.2. The third-order valence-electron chi connectivity index (χ3n) is 6.74. The van der Waals surface area contributed by atoms with E-state index in [1.807, 2.05) is 36.4 Å². The van der Waals surface area contributed by atoms with Crippen LogP contribution in [-0.2, 0) is 10.4 Å². The summed E-state index contributed by atoms with van der Waals surface area (Å²) < 4.78 is 6.39. The lowest BCUT2D eigenvalue weighted by molar-refractivity contribution is -0.134. The van der Waals surface area contributed by atoms with Gasteiger partial charge in [-0.25, -0.2) is 0 Å². The van der Waals surface area contributed by atoms with E-state index < -0.39 is 5.60 Å². The van der Waals surface area contributed by atoms with Crippen LogP contribution < -0.4 is 10.1 Å². The fraction of sp³-hybridized carbons (Fsp3) is 0.520. The highest BCUT2D eigenvalue weighted by Crippen LogP contribution is 2.41. The average molecular weight is 408 g/mol. The Morgan fingerprint density at radius 2 is 1.90 bits per heavy atom. The first-order valence-corrected chi connectivity index (χ1v) is 11.4. The van der Waals surface area contributed by atoms with Crippen molar-refractivity contribution in [2.24, 2.45) is 0 Å². The number of amides is 1. The van der Waals surface area contributed by atoms with Gasteiger partial charge >= 0.3 is 0 Å². The van der Waals surface area contributed by atoms with E-state index >= 15 is 0 Å². The van der Waals surface area contributed by atoms with Crippen LogP contribution in [0, 0.1) is 0 Å². The van der Waals surface area contributed by atoms with Gasteiger partial charge in [-0.15, -0.1) is 0 Å². The lowest BCUT2D eigenvalue weighted by Crippen LogP contribution is -2.48. The number of nitrogens with one attached hydrogen (secondary N) is 1. The maximum Gasteiger partial charge on any atom is 0.273 e. The minimum absolute atomic E-state index is 0.104. The molecule has 4 rings (SSSR count). The molecule has 1 N–H and O–H groups in total. The fourth-order valence-corrected chi connectivity index (χ4v) is 4.98. The number of benzene rings is 1. The number of piperidine rings is 1. The molecule has 1 unspecified atom stereocenters. The molecule has 2 aromatic rings. The first kappa shape index (κ1) is 20.9. The SMILES string of the molecule is C[C@@H]1CCC[C@H](C)N1CCCCCC1(c2cccnc2)Oc2ccccc2NC1=O. The molecule has 5 heteroatoms. The van der Waals surface area contributed by atoms with E-state index in [-0.39, 0.29) is 5.91 Å². The Kier molecular flexibility index (Phi) is 6.38. The summed E-state index contributed by atoms with van der Waals surface area (Å²) in [6.45, 7) is 5.84. The highest BCUT2D eigenvalue weighted by Gasteiger charge is 2.46. The largest absolute Gasteiger partial charge is 0.470 e. The van der Waals surface area contributed by atoms with Crippen LogP contribution in [-0.4, -0.2) is 34.4 Å². The topological polar surface area (TPSA) is 54.5 Å². The number of fused-ring (bicyclic) bond motifs is 1. The van der Waals surface area contributed by atoms with Crippen molar-refractivity contribution < 1.29 is 9.53 Å². The first-order chi connectivity index (χ1) is 14.6. The van der Waals surface area contributed by atoms with Crippen LogP contribution in [0.5, 0.6) is 5.75 Å². The van der Waals surface area contributed by atoms with Crippen molar-refractivity contribution in [3.8, 4) is 5.75 Å². The monoisotopic (exact) mass is 407 g/mol. The quantitative estimate of drug-likeness (QED) is 0.647. The predicted molar refractivity (Wildman–Crippen MR) is 120 cm³/mol. The zero-order valence-corrected chi connectivity index (χ0v) is 18.1. The van der Waals surface area contributed by atoms with Crippen LogP contribution in [0.4, 0.5) is 5.69 Å². The smallest absolute Gasteiger partial charge is 0.273 e. The molecular formula is C25H33N3O2. The Balaban J connectivity index is 1.43. The van der Waals surface area contributed by atoms with E-state index in [4.69, 9.17) is 4.74 Å². The number of para-hydroxylation sites is 2. The van der Waals surface area contributed by atoms with Gasteiger partial charge in [0.25, 0.3) is 5.91 Å². The van der Waals surface area contributed by atoms with E-state index in [2.05, 4.69) is 29.0 Å². The van der Waals surface area contributed by atoms with Gasteiger partial charge in [0, 0.05) is 36.5 Å². The van der Waals surface area contributed by atoms with Crippen LogP contribution >= 0.6 is 0 Å². The number of nitrogens with zero attached hydrogens (tertiary/aromatic N) is 2. The number of carbonyl (C=O) groups is 1. The molecular weight excluding hydrogens is 374 g/mol. The number of likely N-dealkylation sites (tertiary alicyclic amines) is 1. The van der Waals surface area contributed by atoms with E-state index in [0.717, 1.165) is 42.8 Å². The summed E-state index contributed by atoms with van der Waals surface area (Å²) in [5.74, 6) is 0.615. The number of anilines is 1. The number of pyridine rings is 1. The molecule has 0 radical (unpaired) electrons. The van der Waals surface area contributed by atoms with Crippen LogP contribution in [0.3, 0.4) is 0 Å². The number of aromatic nitrogens is 1. The van der Waals surface area contributed by atoms with Crippen LogP contribution in [0.25, 0.3) is 0 Å². The third-order valence-corrected chi connectivity index (χ3v) is 6.74. The molecule has 1 aromatic heterocycles. The van der Waals surface area contributed by atoms with Crippen molar-refractivity contribution in [1.82, 2.24) is 9.88 Å². The zero-order chi connectivity index (χ0) is 21.0. The van der Waals surface area contributed by atoms with Gasteiger partial charge in [0.15, 0.2) is 0 Å². The highest BCUT2D eigenvalue weighted by atomic mass is 16.5. The standard InChI is InChI=1S/C25H33N3O2/c1-19-10-8-11-20(2)28(19)17-7-3-6-15-25(21-12-9-16-26-18-21)24(29)27-22-13-4-5-14-23(22)30-25/h4-5,9,12-14,16,18-20H,3,6-8,10-11,15,17H2,1-2H3,(H,27,29)/t19-,20+,25?. The first-order valence-electron chi connectivity index (χ1n) is 11.4. The van der Waals surface area contributed by atoms with Crippen LogP contribution in [0.1, 0.15) is 64.4 Å². The molecule has 1 saturated heterocycles. The summed E-state index contributed by atoms with van der Waals surface area (Å²) in [7, 11) is 0. The number of hydrogen-bond acceptors (Lipinski definition) is 4. The Morgan fingerprint density at radius 1 is 1.10 bits per heavy atom. The predicted octanol–water partition coefficient (Wildman–Crippen LogP) is 5.13. The Hall–Kier alpha value is -2.40. The highest BCUT2D eigenvalue weighted by molar-refractivity contribution is 6.01. The van der Waals surface area contributed by atoms with Gasteiger partial charge in [0.05, 0.1) is 5.69 Å². The summed E-state index contributed by atoms with van der Waals surface area (Å²) in [5.41, 5.74) is 0.527. The Bertz CT molecular complexity index is 846. The van der Waals surface area contributed by atoms with Gasteiger partial charge in [-0.3, -0.25) is 14.7 Å². The lowest BCUT2D eigenvalue weighted by Gasteiger charge is -2.39. The third kappa shape index (κ3) is 4.22. The van der Waals surface area contributed by atoms with Crippen LogP contribution in [0.15, 0.2) is 48.8 Å². The second-order valence-corrected chi connectivity index (χ2v) is 8.80. The van der Waals surface area contributed by atoms with Crippen molar-refractivity contribution in [3.63, 3.8) is 0 Å². The Labute approximate surface area is 179 Å². The van der Waals surface area contributed by atoms with Crippen molar-refractivity contribution in [3.05, 3.63) is 54.4 Å². The molecule has 3 heterocycles. The fourth-order valence-electron chi connectivity index (χ4n) is 4.98. The number of ether oxygens (including phenoxy) is 1. The number of carbonyl (C=O) groups excluding carboxylic acids is 1. The average Bonchev–Trinajstić information content (AvgIpc) is 2.76. The van der Waals surface area contributed by atoms with Gasteiger partial charge in [-0.2, -0.15) is 0 Å². The zero-order valence-electron chi connectivity index (χ0n) is 18.1. The molecule has 0 spiro atoms. The summed E-state index contributed by atoms with van der Waals surface area (Å²) >= 11 is 0. The van der Waals surface area contributed by atoms with E-state index in [9.17, 15) is 4.79 Å². The molecule has 0 saturated carbocycles. The molecule has 1 fully saturated rings. The van der Waals surface area contributed by atoms with Crippen LogP contribution in [0.2, 0.25) is 0 Å². The van der Waals surface area contributed by atoms with E-state index in [0.29, 0.717) is 18.5 Å². The van der Waals surface area contributed by atoms with Gasteiger partial charge in [0.1, 0.15) is 5.75 Å². The minimum atomic E-state index is -1.02. The van der Waals surface area contributed by atoms with E-state index in [1.54, 1.807) is 12.4 Å². The summed E-state index contributed by atoms with van der Waals surface area (Å²) in [6, 6.07) is 12.8. The van der Waals surface area contributed by atoms with Gasteiger partial charge < -0.3 is 10.1 Å². The summed E-state index contributed by atoms with van der Waals surface area (Å²) in [4.78, 5) is 20.1. The lowest BCUT2D eigenvalue weighted by atomic mass is 9.86. The number of unbranched alkanes of at least 4 members (excludes halogenated alkanes) is 2. The molecule has 1 aromatic carbocycles. The van der Waals surface area contributed by atoms with Crippen molar-refractivity contribution >= 4 is 11.6 Å². The normalized spacial score (nSPS) is 26.5. The molecule has 3 atom stereocenters. The van der Waals surface area contributed by atoms with E-state index in [1.165, 1.54) is 19.3 Å². The second kappa shape index (κ2) is 9.17. The minimum Gasteiger partial charge on any atom is -0.470 e. The maximum atomic E-state index is 13.2. The second-order valence-electron chi connectivity index (χ2n) is 8.80. The van der Waals surface area contributed by atoms with Crippen molar-refractivity contribution in [2.75, 3.05) is 11.9 Å². The molecule has 0 bridgehead atoms. The van der Waals surface area contributed by atoms with Crippen molar-refractivity contribution in [1.29, 1.82) is 0 Å². The molecule has 2 aliphatic rings. The molecule has 2 aliphatic heterocycles. The molecule has 30 heavy (non-hydrogen) atoms. The molecule has 1 amide bonds. The molecule has 5 nitrogen and oxygen atoms in total.